The normalized spacial score (nSPS) is 31.0. The number of likely N-dealkylation sites (tertiary alicyclic amines) is 1. The minimum atomic E-state index is -0.0153. The topological polar surface area (TPSA) is 34.6 Å². The van der Waals surface area contributed by atoms with Gasteiger partial charge in [-0.25, -0.2) is 0 Å². The van der Waals surface area contributed by atoms with Gasteiger partial charge in [0.25, 0.3) is 0 Å². The smallest absolute Gasteiger partial charge is 0.0987 e. The lowest BCUT2D eigenvalue weighted by Crippen LogP contribution is -2.55. The zero-order valence-electron chi connectivity index (χ0n) is 12.5. The Hall–Kier alpha value is -0.970. The molecule has 0 amide bonds. The molecular formula is C16H24N2O2. The summed E-state index contributed by atoms with van der Waals surface area (Å²) in [5.74, 6) is 0. The number of piperidine rings is 1. The van der Waals surface area contributed by atoms with Gasteiger partial charge in [0.2, 0.25) is 0 Å². The maximum absolute atomic E-state index is 6.05. The van der Waals surface area contributed by atoms with Crippen LogP contribution in [-0.2, 0) is 16.0 Å². The number of pyridine rings is 1. The first kappa shape index (κ1) is 14.0. The van der Waals surface area contributed by atoms with E-state index in [0.29, 0.717) is 0 Å². The molecule has 2 saturated heterocycles. The molecule has 2 aliphatic heterocycles. The minimum absolute atomic E-state index is 0.0153. The van der Waals surface area contributed by atoms with Gasteiger partial charge in [0.05, 0.1) is 11.7 Å². The highest BCUT2D eigenvalue weighted by atomic mass is 16.5. The molecule has 1 aromatic heterocycles. The molecular weight excluding hydrogens is 252 g/mol. The SMILES string of the molecule is CO[C@H]1CN(Cc2ccncc2C)CC[C@@]12CCCO2. The molecule has 20 heavy (non-hydrogen) atoms. The van der Waals surface area contributed by atoms with E-state index < -0.39 is 0 Å². The molecule has 3 heterocycles. The molecule has 4 heteroatoms. The molecule has 0 saturated carbocycles. The van der Waals surface area contributed by atoms with E-state index in [-0.39, 0.29) is 11.7 Å². The Labute approximate surface area is 121 Å². The molecule has 0 N–H and O–H groups in total. The van der Waals surface area contributed by atoms with E-state index in [4.69, 9.17) is 9.47 Å². The molecule has 0 bridgehead atoms. The van der Waals surface area contributed by atoms with Crippen molar-refractivity contribution in [2.45, 2.75) is 44.4 Å². The van der Waals surface area contributed by atoms with Gasteiger partial charge in [-0.2, -0.15) is 0 Å². The second-order valence-corrected chi connectivity index (χ2v) is 6.03. The second-order valence-electron chi connectivity index (χ2n) is 6.03. The maximum Gasteiger partial charge on any atom is 0.0987 e. The van der Waals surface area contributed by atoms with E-state index in [1.165, 1.54) is 17.5 Å². The van der Waals surface area contributed by atoms with Crippen molar-refractivity contribution >= 4 is 0 Å². The first-order valence-electron chi connectivity index (χ1n) is 7.52. The summed E-state index contributed by atoms with van der Waals surface area (Å²) in [4.78, 5) is 6.64. The summed E-state index contributed by atoms with van der Waals surface area (Å²) in [7, 11) is 1.81. The summed E-state index contributed by atoms with van der Waals surface area (Å²) in [6.45, 7) is 6.04. The fourth-order valence-electron chi connectivity index (χ4n) is 3.52. The first-order chi connectivity index (χ1) is 9.73. The first-order valence-corrected chi connectivity index (χ1v) is 7.52. The van der Waals surface area contributed by atoms with Crippen molar-refractivity contribution in [1.82, 2.24) is 9.88 Å². The number of aromatic nitrogens is 1. The molecule has 0 aliphatic carbocycles. The summed E-state index contributed by atoms with van der Waals surface area (Å²) >= 11 is 0. The van der Waals surface area contributed by atoms with E-state index >= 15 is 0 Å². The molecule has 2 atom stereocenters. The van der Waals surface area contributed by atoms with Crippen LogP contribution >= 0.6 is 0 Å². The number of nitrogens with zero attached hydrogens (tertiary/aromatic N) is 2. The molecule has 4 nitrogen and oxygen atoms in total. The van der Waals surface area contributed by atoms with Gasteiger partial charge in [0.15, 0.2) is 0 Å². The third-order valence-corrected chi connectivity index (χ3v) is 4.81. The van der Waals surface area contributed by atoms with E-state index in [0.717, 1.165) is 39.1 Å². The fraction of sp³-hybridized carbons (Fsp3) is 0.688. The number of aryl methyl sites for hydroxylation is 1. The molecule has 0 unspecified atom stereocenters. The van der Waals surface area contributed by atoms with Crippen LogP contribution in [0.15, 0.2) is 18.5 Å². The zero-order valence-corrected chi connectivity index (χ0v) is 12.5. The summed E-state index contributed by atoms with van der Waals surface area (Å²) in [5.41, 5.74) is 2.61. The molecule has 2 fully saturated rings. The average molecular weight is 276 g/mol. The van der Waals surface area contributed by atoms with Gasteiger partial charge in [-0.05, 0) is 43.4 Å². The number of hydrogen-bond donors (Lipinski definition) is 0. The van der Waals surface area contributed by atoms with E-state index in [1.54, 1.807) is 0 Å². The maximum atomic E-state index is 6.05. The lowest BCUT2D eigenvalue weighted by atomic mass is 9.85. The lowest BCUT2D eigenvalue weighted by Gasteiger charge is -2.44. The Bertz CT molecular complexity index is 458. The Balaban J connectivity index is 1.67. The molecule has 0 radical (unpaired) electrons. The Morgan fingerprint density at radius 2 is 2.40 bits per heavy atom. The third-order valence-electron chi connectivity index (χ3n) is 4.81. The summed E-state index contributed by atoms with van der Waals surface area (Å²) in [5, 5.41) is 0. The van der Waals surface area contributed by atoms with E-state index in [1.807, 2.05) is 19.5 Å². The molecule has 2 aliphatic rings. The van der Waals surface area contributed by atoms with Crippen molar-refractivity contribution in [2.75, 3.05) is 26.8 Å². The molecule has 1 spiro atoms. The van der Waals surface area contributed by atoms with Crippen LogP contribution in [-0.4, -0.2) is 48.4 Å². The van der Waals surface area contributed by atoms with E-state index in [9.17, 15) is 0 Å². The van der Waals surface area contributed by atoms with Gasteiger partial charge in [-0.1, -0.05) is 0 Å². The monoisotopic (exact) mass is 276 g/mol. The quantitative estimate of drug-likeness (QED) is 0.847. The van der Waals surface area contributed by atoms with Gasteiger partial charge in [0.1, 0.15) is 0 Å². The van der Waals surface area contributed by atoms with Crippen molar-refractivity contribution in [3.8, 4) is 0 Å². The van der Waals surface area contributed by atoms with Crippen LogP contribution in [0.1, 0.15) is 30.4 Å². The molecule has 110 valence electrons. The van der Waals surface area contributed by atoms with Gasteiger partial charge in [0, 0.05) is 45.7 Å². The summed E-state index contributed by atoms with van der Waals surface area (Å²) < 4.78 is 11.8. The zero-order chi connectivity index (χ0) is 14.0. The van der Waals surface area contributed by atoms with Gasteiger partial charge in [-0.3, -0.25) is 9.88 Å². The van der Waals surface area contributed by atoms with Crippen molar-refractivity contribution in [3.05, 3.63) is 29.6 Å². The summed E-state index contributed by atoms with van der Waals surface area (Å²) in [6, 6.07) is 2.12. The Morgan fingerprint density at radius 3 is 3.10 bits per heavy atom. The average Bonchev–Trinajstić information content (AvgIpc) is 2.93. The van der Waals surface area contributed by atoms with Gasteiger partial charge in [-0.15, -0.1) is 0 Å². The number of methoxy groups -OCH3 is 1. The number of hydrogen-bond acceptors (Lipinski definition) is 4. The standard InChI is InChI=1S/C16H24N2O2/c1-13-10-17-7-4-14(13)11-18-8-6-16(5-3-9-20-16)15(12-18)19-2/h4,7,10,15H,3,5-6,8-9,11-12H2,1-2H3/t15-,16-/m0/s1. The van der Waals surface area contributed by atoms with Crippen LogP contribution in [0.2, 0.25) is 0 Å². The predicted molar refractivity (Wildman–Crippen MR) is 77.6 cm³/mol. The molecule has 3 rings (SSSR count). The van der Waals surface area contributed by atoms with Crippen LogP contribution in [0.25, 0.3) is 0 Å². The van der Waals surface area contributed by atoms with Crippen molar-refractivity contribution in [2.24, 2.45) is 0 Å². The highest BCUT2D eigenvalue weighted by molar-refractivity contribution is 5.21. The Kier molecular flexibility index (Phi) is 4.06. The van der Waals surface area contributed by atoms with Crippen molar-refractivity contribution in [1.29, 1.82) is 0 Å². The fourth-order valence-corrected chi connectivity index (χ4v) is 3.52. The van der Waals surface area contributed by atoms with Crippen LogP contribution < -0.4 is 0 Å². The highest BCUT2D eigenvalue weighted by Gasteiger charge is 2.46. The van der Waals surface area contributed by atoms with Crippen molar-refractivity contribution in [3.63, 3.8) is 0 Å². The number of rotatable bonds is 3. The molecule has 0 aromatic carbocycles. The van der Waals surface area contributed by atoms with Crippen LogP contribution in [0.5, 0.6) is 0 Å². The van der Waals surface area contributed by atoms with Gasteiger partial charge < -0.3 is 9.47 Å². The third kappa shape index (κ3) is 2.60. The van der Waals surface area contributed by atoms with Crippen LogP contribution in [0.3, 0.4) is 0 Å². The van der Waals surface area contributed by atoms with Crippen molar-refractivity contribution < 1.29 is 9.47 Å². The van der Waals surface area contributed by atoms with Gasteiger partial charge >= 0.3 is 0 Å². The highest BCUT2D eigenvalue weighted by Crippen LogP contribution is 2.37. The minimum Gasteiger partial charge on any atom is -0.377 e. The van der Waals surface area contributed by atoms with Crippen LogP contribution in [0, 0.1) is 6.92 Å². The van der Waals surface area contributed by atoms with Crippen LogP contribution in [0.4, 0.5) is 0 Å². The molecule has 1 aromatic rings. The second kappa shape index (κ2) is 5.80. The Morgan fingerprint density at radius 1 is 1.50 bits per heavy atom. The summed E-state index contributed by atoms with van der Waals surface area (Å²) in [6.07, 6.45) is 7.41. The largest absolute Gasteiger partial charge is 0.377 e. The predicted octanol–water partition coefficient (Wildman–Crippen LogP) is 2.16. The van der Waals surface area contributed by atoms with E-state index in [2.05, 4.69) is 22.9 Å². The lowest BCUT2D eigenvalue weighted by molar-refractivity contribution is -0.143. The number of ether oxygens (including phenoxy) is 2.